The minimum Gasteiger partial charge on any atom is -0.469 e. The molecule has 0 heterocycles. The maximum absolute atomic E-state index is 12.6. The van der Waals surface area contributed by atoms with Crippen LogP contribution >= 0.6 is 0 Å². The minimum absolute atomic E-state index is 0.0139. The summed E-state index contributed by atoms with van der Waals surface area (Å²) in [6, 6.07) is 4.62. The lowest BCUT2D eigenvalue weighted by Gasteiger charge is -2.29. The Morgan fingerprint density at radius 2 is 1.86 bits per heavy atom. The molecule has 21 heavy (non-hydrogen) atoms. The first-order valence-electron chi connectivity index (χ1n) is 6.59. The van der Waals surface area contributed by atoms with Gasteiger partial charge in [0.2, 0.25) is 0 Å². The molecule has 3 nitrogen and oxygen atoms in total. The number of Topliss-reactive ketones (excluding diaryl/α,β-unsaturated/α-hetero) is 1. The number of hydrogen-bond donors (Lipinski definition) is 0. The number of alkyl halides is 3. The Labute approximate surface area is 120 Å². The molecule has 1 fully saturated rings. The van der Waals surface area contributed by atoms with Crippen molar-refractivity contribution in [3.05, 3.63) is 35.4 Å². The third-order valence-electron chi connectivity index (χ3n) is 3.84. The van der Waals surface area contributed by atoms with Crippen LogP contribution in [0.2, 0.25) is 0 Å². The van der Waals surface area contributed by atoms with E-state index in [0.717, 1.165) is 12.1 Å². The average Bonchev–Trinajstić information content (AvgIpc) is 2.45. The molecule has 0 aliphatic heterocycles. The summed E-state index contributed by atoms with van der Waals surface area (Å²) in [4.78, 5) is 23.4. The fraction of sp³-hybridized carbons (Fsp3) is 0.467. The van der Waals surface area contributed by atoms with Gasteiger partial charge in [-0.15, -0.1) is 0 Å². The first kappa shape index (κ1) is 15.5. The zero-order chi connectivity index (χ0) is 15.6. The van der Waals surface area contributed by atoms with Crippen LogP contribution in [0.25, 0.3) is 0 Å². The maximum Gasteiger partial charge on any atom is 0.416 e. The van der Waals surface area contributed by atoms with E-state index < -0.39 is 29.5 Å². The van der Waals surface area contributed by atoms with E-state index in [4.69, 9.17) is 4.74 Å². The van der Waals surface area contributed by atoms with Crippen LogP contribution in [0.5, 0.6) is 0 Å². The summed E-state index contributed by atoms with van der Waals surface area (Å²) < 4.78 is 42.4. The molecule has 1 aliphatic rings. The summed E-state index contributed by atoms with van der Waals surface area (Å²) in [5, 5.41) is 0. The number of esters is 1. The summed E-state index contributed by atoms with van der Waals surface area (Å²) in [5.41, 5.74) is -0.186. The van der Waals surface area contributed by atoms with Gasteiger partial charge in [-0.25, -0.2) is 0 Å². The number of halogens is 3. The van der Waals surface area contributed by atoms with E-state index in [-0.39, 0.29) is 12.2 Å². The van der Waals surface area contributed by atoms with Crippen molar-refractivity contribution in [3.8, 4) is 0 Å². The number of methoxy groups -OCH3 is 1. The molecule has 0 bridgehead atoms. The molecule has 0 spiro atoms. The number of ketones is 1. The van der Waals surface area contributed by atoms with Crippen LogP contribution in [0.15, 0.2) is 24.3 Å². The molecule has 0 aromatic heterocycles. The standard InChI is InChI=1S/C15H15F3O3/c1-21-14(20)12-7-6-11(19)8-13(12)9-2-4-10(5-3-9)15(16,17)18/h2-5,12-13H,6-8H2,1H3/t12-,13+/m1/s1. The fourth-order valence-electron chi connectivity index (χ4n) is 2.71. The van der Waals surface area contributed by atoms with Gasteiger partial charge in [0.25, 0.3) is 0 Å². The van der Waals surface area contributed by atoms with Crippen LogP contribution in [-0.2, 0) is 20.5 Å². The van der Waals surface area contributed by atoms with Crippen molar-refractivity contribution in [1.29, 1.82) is 0 Å². The molecule has 0 amide bonds. The highest BCUT2D eigenvalue weighted by molar-refractivity contribution is 5.84. The first-order valence-corrected chi connectivity index (χ1v) is 6.59. The van der Waals surface area contributed by atoms with E-state index >= 15 is 0 Å². The molecule has 6 heteroatoms. The van der Waals surface area contributed by atoms with Gasteiger partial charge in [0.1, 0.15) is 5.78 Å². The number of carbonyl (C=O) groups excluding carboxylic acids is 2. The van der Waals surface area contributed by atoms with Gasteiger partial charge in [-0.3, -0.25) is 9.59 Å². The summed E-state index contributed by atoms with van der Waals surface area (Å²) in [7, 11) is 1.27. The summed E-state index contributed by atoms with van der Waals surface area (Å²) in [5.74, 6) is -1.31. The topological polar surface area (TPSA) is 43.4 Å². The smallest absolute Gasteiger partial charge is 0.416 e. The van der Waals surface area contributed by atoms with Crippen molar-refractivity contribution in [3.63, 3.8) is 0 Å². The van der Waals surface area contributed by atoms with E-state index in [0.29, 0.717) is 18.4 Å². The Morgan fingerprint density at radius 3 is 2.38 bits per heavy atom. The second-order valence-corrected chi connectivity index (χ2v) is 5.14. The van der Waals surface area contributed by atoms with E-state index in [1.807, 2.05) is 0 Å². The maximum atomic E-state index is 12.6. The van der Waals surface area contributed by atoms with Gasteiger partial charge in [-0.2, -0.15) is 13.2 Å². The number of rotatable bonds is 2. The van der Waals surface area contributed by atoms with E-state index in [1.54, 1.807) is 0 Å². The molecular formula is C15H15F3O3. The van der Waals surface area contributed by atoms with Crippen LogP contribution in [0, 0.1) is 5.92 Å². The SMILES string of the molecule is COC(=O)[C@@H]1CCC(=O)C[C@H]1c1ccc(C(F)(F)F)cc1. The lowest BCUT2D eigenvalue weighted by atomic mass is 9.75. The molecular weight excluding hydrogens is 285 g/mol. The molecule has 2 atom stereocenters. The Kier molecular flexibility index (Phi) is 4.34. The lowest BCUT2D eigenvalue weighted by Crippen LogP contribution is -2.30. The molecule has 0 radical (unpaired) electrons. The highest BCUT2D eigenvalue weighted by Crippen LogP contribution is 2.38. The van der Waals surface area contributed by atoms with Gasteiger partial charge in [0.15, 0.2) is 0 Å². The summed E-state index contributed by atoms with van der Waals surface area (Å²) in [6.45, 7) is 0. The Morgan fingerprint density at radius 1 is 1.24 bits per heavy atom. The Bertz CT molecular complexity index is 534. The molecule has 1 aromatic carbocycles. The predicted molar refractivity (Wildman–Crippen MR) is 68.5 cm³/mol. The predicted octanol–water partition coefficient (Wildman–Crippen LogP) is 3.33. The van der Waals surface area contributed by atoms with Crippen LogP contribution in [-0.4, -0.2) is 18.9 Å². The minimum atomic E-state index is -4.40. The van der Waals surface area contributed by atoms with Gasteiger partial charge in [0, 0.05) is 18.8 Å². The van der Waals surface area contributed by atoms with Gasteiger partial charge in [0.05, 0.1) is 18.6 Å². The third kappa shape index (κ3) is 3.43. The normalized spacial score (nSPS) is 23.0. The number of carbonyl (C=O) groups is 2. The van der Waals surface area contributed by atoms with Gasteiger partial charge in [-0.05, 0) is 24.1 Å². The Hall–Kier alpha value is -1.85. The summed E-state index contributed by atoms with van der Waals surface area (Å²) in [6.07, 6.45) is -3.57. The molecule has 0 saturated heterocycles. The Balaban J connectivity index is 2.28. The van der Waals surface area contributed by atoms with Crippen LogP contribution in [0.4, 0.5) is 13.2 Å². The van der Waals surface area contributed by atoms with E-state index in [2.05, 4.69) is 0 Å². The zero-order valence-corrected chi connectivity index (χ0v) is 11.4. The van der Waals surface area contributed by atoms with Crippen molar-refractivity contribution < 1.29 is 27.5 Å². The van der Waals surface area contributed by atoms with Crippen molar-refractivity contribution in [2.24, 2.45) is 5.92 Å². The lowest BCUT2D eigenvalue weighted by molar-refractivity contribution is -0.148. The van der Waals surface area contributed by atoms with Crippen molar-refractivity contribution in [1.82, 2.24) is 0 Å². The number of hydrogen-bond acceptors (Lipinski definition) is 3. The molecule has 0 N–H and O–H groups in total. The quantitative estimate of drug-likeness (QED) is 0.787. The average molecular weight is 300 g/mol. The molecule has 1 aromatic rings. The second kappa shape index (κ2) is 5.87. The second-order valence-electron chi connectivity index (χ2n) is 5.14. The van der Waals surface area contributed by atoms with Gasteiger partial charge < -0.3 is 4.74 Å². The van der Waals surface area contributed by atoms with Crippen molar-refractivity contribution in [2.75, 3.05) is 7.11 Å². The molecule has 1 aliphatic carbocycles. The molecule has 1 saturated carbocycles. The van der Waals surface area contributed by atoms with Gasteiger partial charge >= 0.3 is 12.1 Å². The monoisotopic (exact) mass is 300 g/mol. The number of ether oxygens (including phenoxy) is 1. The largest absolute Gasteiger partial charge is 0.469 e. The van der Waals surface area contributed by atoms with Gasteiger partial charge in [-0.1, -0.05) is 12.1 Å². The number of benzene rings is 1. The molecule has 2 rings (SSSR count). The first-order chi connectivity index (χ1) is 9.82. The zero-order valence-electron chi connectivity index (χ0n) is 11.4. The molecule has 114 valence electrons. The van der Waals surface area contributed by atoms with Crippen LogP contribution in [0.3, 0.4) is 0 Å². The third-order valence-corrected chi connectivity index (χ3v) is 3.84. The van der Waals surface area contributed by atoms with Crippen molar-refractivity contribution >= 4 is 11.8 Å². The van der Waals surface area contributed by atoms with E-state index in [1.165, 1.54) is 19.2 Å². The van der Waals surface area contributed by atoms with Crippen molar-refractivity contribution in [2.45, 2.75) is 31.4 Å². The summed E-state index contributed by atoms with van der Waals surface area (Å²) >= 11 is 0. The fourth-order valence-corrected chi connectivity index (χ4v) is 2.71. The van der Waals surface area contributed by atoms with Crippen LogP contribution < -0.4 is 0 Å². The van der Waals surface area contributed by atoms with E-state index in [9.17, 15) is 22.8 Å². The highest BCUT2D eigenvalue weighted by atomic mass is 19.4. The molecule has 0 unspecified atom stereocenters. The highest BCUT2D eigenvalue weighted by Gasteiger charge is 2.36. The van der Waals surface area contributed by atoms with Crippen LogP contribution in [0.1, 0.15) is 36.3 Å².